The number of nitrogens with one attached hydrogen (secondary N) is 1. The van der Waals surface area contributed by atoms with Crippen LogP contribution in [0.5, 0.6) is 0 Å². The van der Waals surface area contributed by atoms with E-state index in [1.165, 1.54) is 50.1 Å². The Morgan fingerprint density at radius 3 is 2.33 bits per heavy atom. The molecule has 0 spiro atoms. The number of likely N-dealkylation sites (N-methyl/N-ethyl adjacent to an activating group) is 1. The number of hydrogen-bond acceptors (Lipinski definition) is 3. The molecule has 0 aromatic heterocycles. The summed E-state index contributed by atoms with van der Waals surface area (Å²) in [4.78, 5) is 5.32. The monoisotopic (exact) mass is 287 g/mol. The molecule has 3 rings (SSSR count). The van der Waals surface area contributed by atoms with Crippen molar-refractivity contribution < 1.29 is 0 Å². The maximum absolute atomic E-state index is 3.66. The van der Waals surface area contributed by atoms with Gasteiger partial charge in [0.15, 0.2) is 0 Å². The Morgan fingerprint density at radius 1 is 1.10 bits per heavy atom. The van der Waals surface area contributed by atoms with E-state index in [0.29, 0.717) is 6.04 Å². The van der Waals surface area contributed by atoms with Crippen LogP contribution in [0.3, 0.4) is 0 Å². The minimum absolute atomic E-state index is 0.461. The summed E-state index contributed by atoms with van der Waals surface area (Å²) in [6.45, 7) is 11.5. The summed E-state index contributed by atoms with van der Waals surface area (Å²) in [6, 6.07) is 10.4. The van der Waals surface area contributed by atoms with Crippen LogP contribution in [0.1, 0.15) is 36.9 Å². The predicted molar refractivity (Wildman–Crippen MR) is 88.6 cm³/mol. The highest BCUT2D eigenvalue weighted by molar-refractivity contribution is 5.24. The Morgan fingerprint density at radius 2 is 1.76 bits per heavy atom. The molecule has 2 fully saturated rings. The van der Waals surface area contributed by atoms with Crippen LogP contribution < -0.4 is 5.32 Å². The third-order valence-corrected chi connectivity index (χ3v) is 4.84. The van der Waals surface area contributed by atoms with Gasteiger partial charge in [0, 0.05) is 44.8 Å². The maximum atomic E-state index is 3.66. The van der Waals surface area contributed by atoms with Crippen molar-refractivity contribution in [3.63, 3.8) is 0 Å². The molecule has 1 saturated heterocycles. The van der Waals surface area contributed by atoms with Gasteiger partial charge in [-0.15, -0.1) is 0 Å². The van der Waals surface area contributed by atoms with E-state index in [1.807, 2.05) is 0 Å². The summed E-state index contributed by atoms with van der Waals surface area (Å²) in [7, 11) is 0. The van der Waals surface area contributed by atoms with Gasteiger partial charge in [-0.25, -0.2) is 0 Å². The predicted octanol–water partition coefficient (Wildman–Crippen LogP) is 2.43. The number of nitrogens with zero attached hydrogens (tertiary/aromatic N) is 2. The smallest absolute Gasteiger partial charge is 0.0449 e. The van der Waals surface area contributed by atoms with Crippen molar-refractivity contribution in [2.24, 2.45) is 0 Å². The molecule has 1 N–H and O–H groups in total. The molecule has 1 atom stereocenters. The molecule has 1 aromatic rings. The first-order valence-electron chi connectivity index (χ1n) is 8.52. The number of aryl methyl sites for hydroxylation is 1. The lowest BCUT2D eigenvalue weighted by molar-refractivity contribution is 0.118. The first kappa shape index (κ1) is 15.0. The van der Waals surface area contributed by atoms with Gasteiger partial charge in [-0.3, -0.25) is 9.80 Å². The Bertz CT molecular complexity index is 430. The van der Waals surface area contributed by atoms with E-state index in [-0.39, 0.29) is 0 Å². The van der Waals surface area contributed by atoms with Gasteiger partial charge in [0.25, 0.3) is 0 Å². The molecular formula is C18H29N3. The largest absolute Gasteiger partial charge is 0.309 e. The maximum Gasteiger partial charge on any atom is 0.0449 e. The minimum Gasteiger partial charge on any atom is -0.309 e. The van der Waals surface area contributed by atoms with Gasteiger partial charge in [0.05, 0.1) is 0 Å². The molecule has 1 aliphatic heterocycles. The third kappa shape index (κ3) is 4.06. The van der Waals surface area contributed by atoms with Crippen LogP contribution in [-0.2, 0) is 0 Å². The van der Waals surface area contributed by atoms with Crippen LogP contribution in [-0.4, -0.2) is 55.1 Å². The normalized spacial score (nSPS) is 22.4. The quantitative estimate of drug-likeness (QED) is 0.867. The molecule has 21 heavy (non-hydrogen) atoms. The van der Waals surface area contributed by atoms with E-state index >= 15 is 0 Å². The van der Waals surface area contributed by atoms with Crippen molar-refractivity contribution in [1.82, 2.24) is 15.1 Å². The van der Waals surface area contributed by atoms with E-state index in [1.54, 1.807) is 0 Å². The molecule has 2 aliphatic rings. The van der Waals surface area contributed by atoms with Gasteiger partial charge in [0.1, 0.15) is 0 Å². The van der Waals surface area contributed by atoms with Gasteiger partial charge in [-0.1, -0.05) is 36.8 Å². The fourth-order valence-corrected chi connectivity index (χ4v) is 3.34. The van der Waals surface area contributed by atoms with E-state index in [9.17, 15) is 0 Å². The van der Waals surface area contributed by atoms with Gasteiger partial charge >= 0.3 is 0 Å². The molecule has 0 radical (unpaired) electrons. The Hall–Kier alpha value is -0.900. The average molecular weight is 287 g/mol. The summed E-state index contributed by atoms with van der Waals surface area (Å²) in [6.07, 6.45) is 2.87. The van der Waals surface area contributed by atoms with Gasteiger partial charge in [-0.2, -0.15) is 0 Å². The highest BCUT2D eigenvalue weighted by atomic mass is 15.3. The lowest BCUT2D eigenvalue weighted by atomic mass is 10.0. The zero-order valence-corrected chi connectivity index (χ0v) is 13.5. The van der Waals surface area contributed by atoms with Gasteiger partial charge in [-0.05, 0) is 31.9 Å². The van der Waals surface area contributed by atoms with Crippen molar-refractivity contribution in [3.05, 3.63) is 35.4 Å². The van der Waals surface area contributed by atoms with Crippen LogP contribution in [0.15, 0.2) is 24.3 Å². The molecule has 3 nitrogen and oxygen atoms in total. The third-order valence-electron chi connectivity index (χ3n) is 4.84. The fraction of sp³-hybridized carbons (Fsp3) is 0.667. The van der Waals surface area contributed by atoms with E-state index in [2.05, 4.69) is 53.2 Å². The first-order chi connectivity index (χ1) is 10.3. The van der Waals surface area contributed by atoms with Crippen LogP contribution >= 0.6 is 0 Å². The van der Waals surface area contributed by atoms with Crippen LogP contribution in [0.2, 0.25) is 0 Å². The Kier molecular flexibility index (Phi) is 4.94. The number of hydrogen-bond donors (Lipinski definition) is 1. The summed E-state index contributed by atoms with van der Waals surface area (Å²) >= 11 is 0. The molecule has 1 aromatic carbocycles. The molecule has 1 aliphatic carbocycles. The highest BCUT2D eigenvalue weighted by Gasteiger charge is 2.31. The van der Waals surface area contributed by atoms with Crippen molar-refractivity contribution in [2.45, 2.75) is 38.8 Å². The van der Waals surface area contributed by atoms with Gasteiger partial charge < -0.3 is 5.32 Å². The second kappa shape index (κ2) is 6.91. The van der Waals surface area contributed by atoms with Crippen molar-refractivity contribution in [2.75, 3.05) is 39.3 Å². The van der Waals surface area contributed by atoms with Crippen molar-refractivity contribution >= 4 is 0 Å². The lowest BCUT2D eigenvalue weighted by Gasteiger charge is -2.36. The number of rotatable bonds is 6. The zero-order chi connectivity index (χ0) is 14.7. The first-order valence-corrected chi connectivity index (χ1v) is 8.52. The number of benzene rings is 1. The molecule has 116 valence electrons. The summed E-state index contributed by atoms with van der Waals surface area (Å²) < 4.78 is 0. The van der Waals surface area contributed by atoms with Crippen molar-refractivity contribution in [1.29, 1.82) is 0 Å². The summed E-state index contributed by atoms with van der Waals surface area (Å²) in [5.41, 5.74) is 2.76. The van der Waals surface area contributed by atoms with Gasteiger partial charge in [0.2, 0.25) is 0 Å². The minimum atomic E-state index is 0.461. The topological polar surface area (TPSA) is 18.5 Å². The molecule has 1 saturated carbocycles. The molecule has 1 unspecified atom stereocenters. The zero-order valence-electron chi connectivity index (χ0n) is 13.5. The Balaban J connectivity index is 1.56. The van der Waals surface area contributed by atoms with Crippen LogP contribution in [0.25, 0.3) is 0 Å². The highest BCUT2D eigenvalue weighted by Crippen LogP contribution is 2.27. The Labute approximate surface area is 129 Å². The summed E-state index contributed by atoms with van der Waals surface area (Å²) in [5.74, 6) is 0. The average Bonchev–Trinajstić information content (AvgIpc) is 3.33. The number of piperazine rings is 1. The molecule has 1 heterocycles. The van der Waals surface area contributed by atoms with Crippen molar-refractivity contribution in [3.8, 4) is 0 Å². The molecule has 3 heteroatoms. The molecule has 0 bridgehead atoms. The van der Waals surface area contributed by atoms with Crippen LogP contribution in [0, 0.1) is 6.92 Å². The molecule has 0 amide bonds. The SMILES string of the molecule is CCNC(CN1CCN(C2CC2)CC1)c1ccc(C)cc1. The second-order valence-corrected chi connectivity index (χ2v) is 6.59. The van der Waals surface area contributed by atoms with Crippen LogP contribution in [0.4, 0.5) is 0 Å². The lowest BCUT2D eigenvalue weighted by Crippen LogP contribution is -2.49. The standard InChI is InChI=1S/C18H29N3/c1-3-19-18(16-6-4-15(2)5-7-16)14-20-10-12-21(13-11-20)17-8-9-17/h4-7,17-19H,3,8-14H2,1-2H3. The van der Waals surface area contributed by atoms with E-state index in [4.69, 9.17) is 0 Å². The van der Waals surface area contributed by atoms with E-state index in [0.717, 1.165) is 19.1 Å². The summed E-state index contributed by atoms with van der Waals surface area (Å²) in [5, 5.41) is 3.66. The fourth-order valence-electron chi connectivity index (χ4n) is 3.34. The van der Waals surface area contributed by atoms with E-state index < -0.39 is 0 Å². The second-order valence-electron chi connectivity index (χ2n) is 6.59. The molecular weight excluding hydrogens is 258 g/mol.